The van der Waals surface area contributed by atoms with E-state index in [2.05, 4.69) is 22.2 Å². The van der Waals surface area contributed by atoms with E-state index in [1.54, 1.807) is 4.52 Å². The van der Waals surface area contributed by atoms with Gasteiger partial charge in [0.2, 0.25) is 10.8 Å². The fourth-order valence-corrected chi connectivity index (χ4v) is 4.76. The van der Waals surface area contributed by atoms with Crippen molar-refractivity contribution < 1.29 is 10.0 Å². The normalized spacial score (nSPS) is 16.9. The van der Waals surface area contributed by atoms with E-state index >= 15 is 0 Å². The van der Waals surface area contributed by atoms with E-state index in [4.69, 9.17) is 11.6 Å². The third-order valence-electron chi connectivity index (χ3n) is 4.68. The molecular formula is C17H20ClN4OS+. The predicted molar refractivity (Wildman–Crippen MR) is 95.1 cm³/mol. The zero-order chi connectivity index (χ0) is 16.7. The highest BCUT2D eigenvalue weighted by Gasteiger charge is 2.34. The summed E-state index contributed by atoms with van der Waals surface area (Å²) in [6.45, 7) is 4.24. The number of nitrogens with zero attached hydrogens (tertiary/aromatic N) is 3. The maximum atomic E-state index is 10.8. The third-order valence-corrected chi connectivity index (χ3v) is 6.02. The van der Waals surface area contributed by atoms with Crippen molar-refractivity contribution in [3.05, 3.63) is 45.6 Å². The van der Waals surface area contributed by atoms with Crippen LogP contribution in [-0.4, -0.2) is 32.8 Å². The number of hydrogen-bond donors (Lipinski definition) is 2. The Morgan fingerprint density at radius 2 is 2.00 bits per heavy atom. The molecule has 1 saturated heterocycles. The Labute approximate surface area is 149 Å². The molecule has 24 heavy (non-hydrogen) atoms. The molecule has 0 radical (unpaired) electrons. The van der Waals surface area contributed by atoms with Gasteiger partial charge >= 0.3 is 0 Å². The molecule has 3 heterocycles. The van der Waals surface area contributed by atoms with Crippen molar-refractivity contribution in [2.75, 3.05) is 13.1 Å². The Bertz CT molecular complexity index is 851. The number of thiazole rings is 1. The van der Waals surface area contributed by atoms with Crippen molar-refractivity contribution in [2.24, 2.45) is 0 Å². The van der Waals surface area contributed by atoms with Crippen LogP contribution in [0.15, 0.2) is 24.3 Å². The molecule has 0 saturated carbocycles. The fourth-order valence-electron chi connectivity index (χ4n) is 3.47. The lowest BCUT2D eigenvalue weighted by molar-refractivity contribution is -0.913. The average molecular weight is 364 g/mol. The molecule has 1 aliphatic rings. The molecule has 0 spiro atoms. The number of aryl methyl sites for hydroxylation is 1. The van der Waals surface area contributed by atoms with Crippen LogP contribution in [0.4, 0.5) is 0 Å². The summed E-state index contributed by atoms with van der Waals surface area (Å²) in [5.41, 5.74) is 1.17. The first kappa shape index (κ1) is 15.9. The molecule has 2 N–H and O–H groups in total. The number of aromatic nitrogens is 3. The summed E-state index contributed by atoms with van der Waals surface area (Å²) in [5.74, 6) is 0.987. The number of hydrogen-bond acceptors (Lipinski definition) is 4. The summed E-state index contributed by atoms with van der Waals surface area (Å²) in [5, 5.41) is 15.9. The van der Waals surface area contributed by atoms with Gasteiger partial charge in [-0.15, -0.1) is 5.10 Å². The van der Waals surface area contributed by atoms with Crippen LogP contribution in [-0.2, 0) is 6.42 Å². The van der Waals surface area contributed by atoms with Gasteiger partial charge in [0.05, 0.1) is 13.1 Å². The van der Waals surface area contributed by atoms with Crippen LogP contribution < -0.4 is 4.90 Å². The second-order valence-electron chi connectivity index (χ2n) is 6.22. The van der Waals surface area contributed by atoms with Crippen molar-refractivity contribution in [1.82, 2.24) is 14.6 Å². The molecule has 5 nitrogen and oxygen atoms in total. The van der Waals surface area contributed by atoms with E-state index in [0.29, 0.717) is 0 Å². The Kier molecular flexibility index (Phi) is 4.20. The van der Waals surface area contributed by atoms with Crippen LogP contribution in [0.25, 0.3) is 4.96 Å². The molecule has 0 bridgehead atoms. The number of fused-ring (bicyclic) bond motifs is 1. The molecular weight excluding hydrogens is 344 g/mol. The van der Waals surface area contributed by atoms with Gasteiger partial charge in [0, 0.05) is 29.8 Å². The number of nitrogens with one attached hydrogen (secondary N) is 1. The molecule has 1 aromatic carbocycles. The second kappa shape index (κ2) is 6.35. The topological polar surface area (TPSA) is 54.9 Å². The van der Waals surface area contributed by atoms with Gasteiger partial charge in [0.25, 0.3) is 0 Å². The summed E-state index contributed by atoms with van der Waals surface area (Å²) < 4.78 is 1.58. The smallest absolute Gasteiger partial charge is 0.235 e. The van der Waals surface area contributed by atoms with Crippen LogP contribution in [0.5, 0.6) is 5.88 Å². The van der Waals surface area contributed by atoms with Gasteiger partial charge in [0.1, 0.15) is 4.88 Å². The number of aromatic hydroxyl groups is 1. The standard InChI is InChI=1S/C17H19ClN4OS/c1-2-13-19-17-22(20-13)16(23)15(24-17)14(21-9-3-4-10-21)11-5-7-12(18)8-6-11/h5-8,14,23H,2-4,9-10H2,1H3/p+1/t14-/m1/s1. The second-order valence-corrected chi connectivity index (χ2v) is 7.66. The van der Waals surface area contributed by atoms with Gasteiger partial charge in [-0.2, -0.15) is 4.52 Å². The SMILES string of the molecule is CCc1nc2sc([C@@H](c3ccc(Cl)cc3)[NH+]3CCCC3)c(O)n2n1. The summed E-state index contributed by atoms with van der Waals surface area (Å²) >= 11 is 7.60. The molecule has 1 fully saturated rings. The zero-order valence-corrected chi connectivity index (χ0v) is 15.1. The van der Waals surface area contributed by atoms with Crippen LogP contribution in [0.3, 0.4) is 0 Å². The summed E-state index contributed by atoms with van der Waals surface area (Å²) in [4.78, 5) is 7.69. The number of halogens is 1. The van der Waals surface area contributed by atoms with Crippen molar-refractivity contribution in [3.63, 3.8) is 0 Å². The number of benzene rings is 1. The van der Waals surface area contributed by atoms with E-state index in [1.165, 1.54) is 34.6 Å². The molecule has 2 aromatic heterocycles. The van der Waals surface area contributed by atoms with E-state index in [1.807, 2.05) is 19.1 Å². The van der Waals surface area contributed by atoms with Crippen molar-refractivity contribution in [3.8, 4) is 5.88 Å². The van der Waals surface area contributed by atoms with Crippen LogP contribution in [0.1, 0.15) is 42.1 Å². The maximum absolute atomic E-state index is 10.8. The number of likely N-dealkylation sites (tertiary alicyclic amines) is 1. The van der Waals surface area contributed by atoms with Gasteiger partial charge in [-0.3, -0.25) is 0 Å². The number of quaternary nitrogens is 1. The van der Waals surface area contributed by atoms with Crippen LogP contribution in [0.2, 0.25) is 5.02 Å². The van der Waals surface area contributed by atoms with E-state index in [9.17, 15) is 5.11 Å². The molecule has 1 aliphatic heterocycles. The Morgan fingerprint density at radius 1 is 1.29 bits per heavy atom. The Balaban J connectivity index is 1.82. The summed E-state index contributed by atoms with van der Waals surface area (Å²) in [7, 11) is 0. The molecule has 0 aliphatic carbocycles. The quantitative estimate of drug-likeness (QED) is 0.748. The minimum Gasteiger partial charge on any atom is -0.492 e. The van der Waals surface area contributed by atoms with E-state index in [0.717, 1.165) is 40.2 Å². The monoisotopic (exact) mass is 363 g/mol. The molecule has 4 rings (SSSR count). The van der Waals surface area contributed by atoms with E-state index in [-0.39, 0.29) is 11.9 Å². The molecule has 3 aromatic rings. The lowest BCUT2D eigenvalue weighted by atomic mass is 10.0. The highest BCUT2D eigenvalue weighted by Crippen LogP contribution is 2.35. The Morgan fingerprint density at radius 3 is 2.62 bits per heavy atom. The van der Waals surface area contributed by atoms with Crippen molar-refractivity contribution >= 4 is 27.9 Å². The van der Waals surface area contributed by atoms with Gasteiger partial charge in [-0.05, 0) is 12.1 Å². The minimum absolute atomic E-state index is 0.100. The van der Waals surface area contributed by atoms with Crippen molar-refractivity contribution in [1.29, 1.82) is 0 Å². The lowest BCUT2D eigenvalue weighted by Gasteiger charge is -2.24. The van der Waals surface area contributed by atoms with Gasteiger partial charge < -0.3 is 10.0 Å². The first-order valence-electron chi connectivity index (χ1n) is 8.34. The predicted octanol–water partition coefficient (Wildman–Crippen LogP) is 2.48. The maximum Gasteiger partial charge on any atom is 0.235 e. The first-order valence-corrected chi connectivity index (χ1v) is 9.54. The molecule has 0 amide bonds. The highest BCUT2D eigenvalue weighted by atomic mass is 35.5. The van der Waals surface area contributed by atoms with Crippen molar-refractivity contribution in [2.45, 2.75) is 32.2 Å². The van der Waals surface area contributed by atoms with Gasteiger partial charge in [-0.25, -0.2) is 4.98 Å². The van der Waals surface area contributed by atoms with E-state index < -0.39 is 0 Å². The third kappa shape index (κ3) is 2.68. The highest BCUT2D eigenvalue weighted by molar-refractivity contribution is 7.17. The number of rotatable bonds is 4. The molecule has 1 atom stereocenters. The lowest BCUT2D eigenvalue weighted by Crippen LogP contribution is -3.10. The van der Waals surface area contributed by atoms with Crippen LogP contribution >= 0.6 is 22.9 Å². The molecule has 0 unspecified atom stereocenters. The van der Waals surface area contributed by atoms with Crippen LogP contribution in [0, 0.1) is 0 Å². The largest absolute Gasteiger partial charge is 0.492 e. The van der Waals surface area contributed by atoms with Gasteiger partial charge in [0.15, 0.2) is 11.9 Å². The average Bonchev–Trinajstić information content (AvgIpc) is 3.29. The fraction of sp³-hybridized carbons (Fsp3) is 0.412. The Hall–Kier alpha value is -1.63. The first-order chi connectivity index (χ1) is 11.7. The minimum atomic E-state index is 0.100. The summed E-state index contributed by atoms with van der Waals surface area (Å²) in [6.07, 6.45) is 3.21. The zero-order valence-electron chi connectivity index (χ0n) is 13.5. The summed E-state index contributed by atoms with van der Waals surface area (Å²) in [6, 6.07) is 8.06. The molecule has 126 valence electrons. The van der Waals surface area contributed by atoms with Gasteiger partial charge in [-0.1, -0.05) is 42.0 Å². The molecule has 7 heteroatoms.